The number of halogens is 3. The van der Waals surface area contributed by atoms with Gasteiger partial charge in [-0.15, -0.1) is 0 Å². The summed E-state index contributed by atoms with van der Waals surface area (Å²) >= 11 is 0. The number of alkyl halides is 3. The lowest BCUT2D eigenvalue weighted by molar-refractivity contribution is -0.137. The number of carbonyl (C=O) groups excluding carboxylic acids is 1. The molecule has 0 fully saturated rings. The predicted molar refractivity (Wildman–Crippen MR) is 128 cm³/mol. The second-order valence-electron chi connectivity index (χ2n) is 8.52. The van der Waals surface area contributed by atoms with E-state index < -0.39 is 26.8 Å². The van der Waals surface area contributed by atoms with E-state index in [-0.39, 0.29) is 24.1 Å². The van der Waals surface area contributed by atoms with Gasteiger partial charge in [-0.25, -0.2) is 0 Å². The van der Waals surface area contributed by atoms with Crippen molar-refractivity contribution in [3.05, 3.63) is 89.5 Å². The van der Waals surface area contributed by atoms with Crippen LogP contribution in [0.1, 0.15) is 35.3 Å². The monoisotopic (exact) mass is 521 g/mol. The van der Waals surface area contributed by atoms with E-state index in [0.29, 0.717) is 29.5 Å². The summed E-state index contributed by atoms with van der Waals surface area (Å²) in [6, 6.07) is 16.2. The number of ether oxygens (including phenoxy) is 1. The van der Waals surface area contributed by atoms with Crippen LogP contribution < -0.4 is 8.92 Å². The van der Waals surface area contributed by atoms with Crippen LogP contribution in [0.3, 0.4) is 0 Å². The highest BCUT2D eigenvalue weighted by Crippen LogP contribution is 2.31. The van der Waals surface area contributed by atoms with Crippen LogP contribution in [0.5, 0.6) is 11.5 Å². The van der Waals surface area contributed by atoms with Gasteiger partial charge in [-0.2, -0.15) is 21.6 Å². The van der Waals surface area contributed by atoms with Gasteiger partial charge in [0.05, 0.1) is 12.7 Å². The smallest absolute Gasteiger partial charge is 0.416 e. The molecule has 0 heterocycles. The zero-order chi connectivity index (χ0) is 26.5. The highest BCUT2D eigenvalue weighted by atomic mass is 32.2. The maximum Gasteiger partial charge on any atom is 0.416 e. The zero-order valence-electron chi connectivity index (χ0n) is 20.0. The van der Waals surface area contributed by atoms with Crippen LogP contribution in [0, 0.1) is 5.92 Å². The molecule has 10 heteroatoms. The van der Waals surface area contributed by atoms with Gasteiger partial charge in [0, 0.05) is 18.7 Å². The average molecular weight is 522 g/mol. The Labute approximate surface area is 208 Å². The molecular formula is C26H26F3NO5S. The molecule has 1 amide bonds. The molecule has 0 aliphatic carbocycles. The van der Waals surface area contributed by atoms with Crippen molar-refractivity contribution in [1.29, 1.82) is 0 Å². The summed E-state index contributed by atoms with van der Waals surface area (Å²) in [7, 11) is -3.01. The van der Waals surface area contributed by atoms with Gasteiger partial charge in [0.15, 0.2) is 0 Å². The molecule has 0 aromatic heterocycles. The summed E-state index contributed by atoms with van der Waals surface area (Å²) in [5.41, 5.74) is -0.0699. The molecule has 0 atom stereocenters. The van der Waals surface area contributed by atoms with Crippen LogP contribution in [0.25, 0.3) is 0 Å². The SMILES string of the molecule is COc1cccc(C(=O)N(Cc2cccc(OS(=O)(=O)c3cccc(C(F)(F)F)c3)c2)CC(C)C)c1. The van der Waals surface area contributed by atoms with E-state index in [4.69, 9.17) is 8.92 Å². The Bertz CT molecular complexity index is 1320. The first-order valence-corrected chi connectivity index (χ1v) is 12.4. The van der Waals surface area contributed by atoms with Gasteiger partial charge in [0.1, 0.15) is 16.4 Å². The largest absolute Gasteiger partial charge is 0.497 e. The van der Waals surface area contributed by atoms with Crippen molar-refractivity contribution < 1.29 is 35.3 Å². The lowest BCUT2D eigenvalue weighted by Crippen LogP contribution is -2.33. The first-order valence-electron chi connectivity index (χ1n) is 11.0. The molecule has 0 saturated carbocycles. The molecule has 6 nitrogen and oxygen atoms in total. The Hall–Kier alpha value is -3.53. The quantitative estimate of drug-likeness (QED) is 0.334. The van der Waals surface area contributed by atoms with Crippen LogP contribution in [-0.4, -0.2) is 32.9 Å². The van der Waals surface area contributed by atoms with Crippen molar-refractivity contribution >= 4 is 16.0 Å². The van der Waals surface area contributed by atoms with Gasteiger partial charge >= 0.3 is 16.3 Å². The van der Waals surface area contributed by atoms with E-state index in [1.165, 1.54) is 19.2 Å². The number of hydrogen-bond acceptors (Lipinski definition) is 5. The fourth-order valence-corrected chi connectivity index (χ4v) is 4.49. The van der Waals surface area contributed by atoms with Crippen molar-refractivity contribution in [1.82, 2.24) is 4.90 Å². The van der Waals surface area contributed by atoms with E-state index in [1.807, 2.05) is 13.8 Å². The molecule has 0 saturated heterocycles. The number of nitrogens with zero attached hydrogens (tertiary/aromatic N) is 1. The summed E-state index contributed by atoms with van der Waals surface area (Å²) in [6.07, 6.45) is -4.69. The van der Waals surface area contributed by atoms with Gasteiger partial charge < -0.3 is 13.8 Å². The maximum atomic E-state index is 13.2. The third-order valence-electron chi connectivity index (χ3n) is 5.12. The summed E-state index contributed by atoms with van der Waals surface area (Å²) in [6.45, 7) is 4.53. The number of amides is 1. The second kappa shape index (κ2) is 11.0. The molecule has 0 spiro atoms. The summed E-state index contributed by atoms with van der Waals surface area (Å²) in [4.78, 5) is 14.2. The highest BCUT2D eigenvalue weighted by Gasteiger charge is 2.32. The lowest BCUT2D eigenvalue weighted by Gasteiger charge is -2.25. The minimum absolute atomic E-state index is 0.0803. The van der Waals surface area contributed by atoms with E-state index >= 15 is 0 Å². The summed E-state index contributed by atoms with van der Waals surface area (Å²) in [5, 5.41) is 0. The fraction of sp³-hybridized carbons (Fsp3) is 0.269. The zero-order valence-corrected chi connectivity index (χ0v) is 20.8. The first kappa shape index (κ1) is 27.1. The first-order chi connectivity index (χ1) is 16.9. The average Bonchev–Trinajstić information content (AvgIpc) is 2.82. The van der Waals surface area contributed by atoms with E-state index in [2.05, 4.69) is 0 Å². The molecular weight excluding hydrogens is 495 g/mol. The predicted octanol–water partition coefficient (Wildman–Crippen LogP) is 5.78. The Balaban J connectivity index is 1.84. The molecule has 3 aromatic carbocycles. The Morgan fingerprint density at radius 2 is 1.61 bits per heavy atom. The molecule has 0 aliphatic heterocycles. The van der Waals surface area contributed by atoms with Gasteiger partial charge in [0.25, 0.3) is 5.91 Å². The molecule has 0 unspecified atom stereocenters. The maximum absolute atomic E-state index is 13.2. The van der Waals surface area contributed by atoms with Gasteiger partial charge in [-0.1, -0.05) is 38.1 Å². The van der Waals surface area contributed by atoms with Gasteiger partial charge in [-0.05, 0) is 60.0 Å². The molecule has 192 valence electrons. The summed E-state index contributed by atoms with van der Waals surface area (Å²) < 4.78 is 74.6. The number of benzene rings is 3. The number of rotatable bonds is 9. The van der Waals surface area contributed by atoms with E-state index in [9.17, 15) is 26.4 Å². The molecule has 0 aliphatic rings. The van der Waals surface area contributed by atoms with Crippen LogP contribution in [-0.2, 0) is 22.8 Å². The number of methoxy groups -OCH3 is 1. The molecule has 0 N–H and O–H groups in total. The molecule has 3 rings (SSSR count). The van der Waals surface area contributed by atoms with Crippen LogP contribution >= 0.6 is 0 Å². The Morgan fingerprint density at radius 1 is 0.944 bits per heavy atom. The lowest BCUT2D eigenvalue weighted by atomic mass is 10.1. The third kappa shape index (κ3) is 7.00. The highest BCUT2D eigenvalue weighted by molar-refractivity contribution is 7.87. The number of hydrogen-bond donors (Lipinski definition) is 0. The molecule has 0 radical (unpaired) electrons. The van der Waals surface area contributed by atoms with Crippen molar-refractivity contribution in [3.8, 4) is 11.5 Å². The second-order valence-corrected chi connectivity index (χ2v) is 10.1. The van der Waals surface area contributed by atoms with Crippen LogP contribution in [0.15, 0.2) is 77.7 Å². The van der Waals surface area contributed by atoms with Crippen LogP contribution in [0.4, 0.5) is 13.2 Å². The van der Waals surface area contributed by atoms with E-state index in [0.717, 1.165) is 18.2 Å². The van der Waals surface area contributed by atoms with Crippen molar-refractivity contribution in [2.24, 2.45) is 5.92 Å². The van der Waals surface area contributed by atoms with Crippen molar-refractivity contribution in [2.45, 2.75) is 31.5 Å². The third-order valence-corrected chi connectivity index (χ3v) is 6.36. The summed E-state index contributed by atoms with van der Waals surface area (Å²) in [5.74, 6) is 0.384. The minimum Gasteiger partial charge on any atom is -0.497 e. The van der Waals surface area contributed by atoms with Gasteiger partial charge in [0.2, 0.25) is 0 Å². The standard InChI is InChI=1S/C26H26F3NO5S/c1-18(2)16-30(25(31)20-8-5-10-22(14-20)34-3)17-19-7-4-11-23(13-19)35-36(32,33)24-12-6-9-21(15-24)26(27,28)29/h4-15,18H,16-17H2,1-3H3. The van der Waals surface area contributed by atoms with Crippen molar-refractivity contribution in [3.63, 3.8) is 0 Å². The van der Waals surface area contributed by atoms with Crippen LogP contribution in [0.2, 0.25) is 0 Å². The fourth-order valence-electron chi connectivity index (χ4n) is 3.52. The van der Waals surface area contributed by atoms with Crippen molar-refractivity contribution in [2.75, 3.05) is 13.7 Å². The Kier molecular flexibility index (Phi) is 8.29. The number of carbonyl (C=O) groups is 1. The molecule has 36 heavy (non-hydrogen) atoms. The Morgan fingerprint density at radius 3 is 2.28 bits per heavy atom. The topological polar surface area (TPSA) is 72.9 Å². The van der Waals surface area contributed by atoms with E-state index in [1.54, 1.807) is 41.3 Å². The molecule has 0 bridgehead atoms. The van der Waals surface area contributed by atoms with Gasteiger partial charge in [-0.3, -0.25) is 4.79 Å². The minimum atomic E-state index is -4.69. The molecule has 3 aromatic rings. The normalized spacial score (nSPS) is 11.9.